The second kappa shape index (κ2) is 4.99. The summed E-state index contributed by atoms with van der Waals surface area (Å²) in [5.74, 6) is 1.77. The van der Waals surface area contributed by atoms with Crippen molar-refractivity contribution in [1.82, 2.24) is 4.90 Å². The molecule has 0 radical (unpaired) electrons. The predicted molar refractivity (Wildman–Crippen MR) is 69.1 cm³/mol. The molecule has 0 aliphatic carbocycles. The van der Waals surface area contributed by atoms with Gasteiger partial charge in [0, 0.05) is 18.7 Å². The Bertz CT molecular complexity index is 477. The number of ether oxygens (including phenoxy) is 3. The maximum atomic E-state index is 12.4. The van der Waals surface area contributed by atoms with E-state index in [1.54, 1.807) is 19.2 Å². The van der Waals surface area contributed by atoms with Gasteiger partial charge in [-0.25, -0.2) is 0 Å². The van der Waals surface area contributed by atoms with Crippen molar-refractivity contribution in [3.63, 3.8) is 0 Å². The van der Waals surface area contributed by atoms with Gasteiger partial charge in [-0.1, -0.05) is 0 Å². The van der Waals surface area contributed by atoms with E-state index in [1.807, 2.05) is 4.90 Å². The van der Waals surface area contributed by atoms with E-state index >= 15 is 0 Å². The number of carbonyl (C=O) groups excluding carboxylic acids is 1. The molecular weight excluding hydrogens is 246 g/mol. The highest BCUT2D eigenvalue weighted by Gasteiger charge is 2.24. The zero-order valence-electron chi connectivity index (χ0n) is 11.0. The SMILES string of the molecule is COc1cc(C(=O)N2CCCC2)cc2c1OCCO2. The molecule has 0 aromatic heterocycles. The van der Waals surface area contributed by atoms with Crippen LogP contribution in [0.2, 0.25) is 0 Å². The molecule has 5 heteroatoms. The first-order valence-corrected chi connectivity index (χ1v) is 6.56. The molecule has 0 bridgehead atoms. The summed E-state index contributed by atoms with van der Waals surface area (Å²) in [4.78, 5) is 14.2. The molecule has 0 saturated carbocycles. The number of fused-ring (bicyclic) bond motifs is 1. The van der Waals surface area contributed by atoms with Crippen LogP contribution in [0.5, 0.6) is 17.2 Å². The smallest absolute Gasteiger partial charge is 0.254 e. The van der Waals surface area contributed by atoms with Crippen LogP contribution in [-0.2, 0) is 0 Å². The zero-order valence-corrected chi connectivity index (χ0v) is 11.0. The van der Waals surface area contributed by atoms with Crippen molar-refractivity contribution < 1.29 is 19.0 Å². The summed E-state index contributed by atoms with van der Waals surface area (Å²) in [5.41, 5.74) is 0.600. The van der Waals surface area contributed by atoms with Gasteiger partial charge >= 0.3 is 0 Å². The van der Waals surface area contributed by atoms with E-state index in [0.717, 1.165) is 25.9 Å². The van der Waals surface area contributed by atoms with Gasteiger partial charge in [0.05, 0.1) is 7.11 Å². The molecule has 1 amide bonds. The normalized spacial score (nSPS) is 17.4. The second-order valence-electron chi connectivity index (χ2n) is 4.70. The van der Waals surface area contributed by atoms with Gasteiger partial charge in [0.15, 0.2) is 11.5 Å². The summed E-state index contributed by atoms with van der Waals surface area (Å²) in [6.07, 6.45) is 2.15. The van der Waals surface area contributed by atoms with Crippen molar-refractivity contribution in [1.29, 1.82) is 0 Å². The predicted octanol–water partition coefficient (Wildman–Crippen LogP) is 1.70. The Hall–Kier alpha value is -1.91. The first kappa shape index (κ1) is 12.1. The number of rotatable bonds is 2. The number of benzene rings is 1. The molecule has 2 aliphatic heterocycles. The van der Waals surface area contributed by atoms with Gasteiger partial charge in [0.2, 0.25) is 5.75 Å². The highest BCUT2D eigenvalue weighted by molar-refractivity contribution is 5.95. The van der Waals surface area contributed by atoms with Crippen molar-refractivity contribution in [3.8, 4) is 17.2 Å². The molecule has 2 aliphatic rings. The summed E-state index contributed by atoms with van der Waals surface area (Å²) in [6.45, 7) is 2.66. The van der Waals surface area contributed by atoms with Crippen LogP contribution in [0.1, 0.15) is 23.2 Å². The molecule has 0 unspecified atom stereocenters. The maximum absolute atomic E-state index is 12.4. The fourth-order valence-corrected chi connectivity index (χ4v) is 2.50. The van der Waals surface area contributed by atoms with Gasteiger partial charge in [0.25, 0.3) is 5.91 Å². The molecule has 102 valence electrons. The standard InChI is InChI=1S/C14H17NO4/c1-17-11-8-10(14(16)15-4-2-3-5-15)9-12-13(11)19-7-6-18-12/h8-9H,2-7H2,1H3. The monoisotopic (exact) mass is 263 g/mol. The number of amides is 1. The summed E-state index contributed by atoms with van der Waals surface area (Å²) < 4.78 is 16.4. The quantitative estimate of drug-likeness (QED) is 0.815. The molecule has 5 nitrogen and oxygen atoms in total. The third-order valence-electron chi connectivity index (χ3n) is 3.47. The Morgan fingerprint density at radius 2 is 1.95 bits per heavy atom. The number of likely N-dealkylation sites (tertiary alicyclic amines) is 1. The van der Waals surface area contributed by atoms with E-state index in [-0.39, 0.29) is 5.91 Å². The van der Waals surface area contributed by atoms with E-state index < -0.39 is 0 Å². The molecule has 0 atom stereocenters. The van der Waals surface area contributed by atoms with E-state index in [9.17, 15) is 4.79 Å². The lowest BCUT2D eigenvalue weighted by molar-refractivity contribution is 0.0791. The minimum atomic E-state index is 0.0350. The molecule has 0 spiro atoms. The number of hydrogen-bond donors (Lipinski definition) is 0. The summed E-state index contributed by atoms with van der Waals surface area (Å²) in [6, 6.07) is 3.48. The van der Waals surface area contributed by atoms with E-state index in [2.05, 4.69) is 0 Å². The summed E-state index contributed by atoms with van der Waals surface area (Å²) in [7, 11) is 1.57. The van der Waals surface area contributed by atoms with Gasteiger partial charge in [-0.2, -0.15) is 0 Å². The lowest BCUT2D eigenvalue weighted by Crippen LogP contribution is -2.28. The van der Waals surface area contributed by atoms with Crippen LogP contribution in [-0.4, -0.2) is 44.2 Å². The van der Waals surface area contributed by atoms with Crippen molar-refractivity contribution in [3.05, 3.63) is 17.7 Å². The van der Waals surface area contributed by atoms with E-state index in [0.29, 0.717) is 36.0 Å². The lowest BCUT2D eigenvalue weighted by atomic mass is 10.1. The first-order valence-electron chi connectivity index (χ1n) is 6.56. The Kier molecular flexibility index (Phi) is 3.19. The van der Waals surface area contributed by atoms with Crippen molar-refractivity contribution in [2.75, 3.05) is 33.4 Å². The molecule has 2 heterocycles. The van der Waals surface area contributed by atoms with Gasteiger partial charge in [-0.15, -0.1) is 0 Å². The van der Waals surface area contributed by atoms with E-state index in [4.69, 9.17) is 14.2 Å². The molecule has 19 heavy (non-hydrogen) atoms. The van der Waals surface area contributed by atoms with Crippen LogP contribution in [0.25, 0.3) is 0 Å². The summed E-state index contributed by atoms with van der Waals surface area (Å²) >= 11 is 0. The molecule has 1 fully saturated rings. The summed E-state index contributed by atoms with van der Waals surface area (Å²) in [5, 5.41) is 0. The van der Waals surface area contributed by atoms with Crippen LogP contribution in [0, 0.1) is 0 Å². The molecule has 3 rings (SSSR count). The second-order valence-corrected chi connectivity index (χ2v) is 4.70. The topological polar surface area (TPSA) is 48.0 Å². The van der Waals surface area contributed by atoms with Crippen LogP contribution in [0.15, 0.2) is 12.1 Å². The Morgan fingerprint density at radius 3 is 2.68 bits per heavy atom. The Balaban J connectivity index is 1.95. The lowest BCUT2D eigenvalue weighted by Gasteiger charge is -2.22. The molecule has 1 aromatic carbocycles. The van der Waals surface area contributed by atoms with Crippen LogP contribution in [0.4, 0.5) is 0 Å². The molecule has 0 N–H and O–H groups in total. The minimum Gasteiger partial charge on any atom is -0.493 e. The van der Waals surface area contributed by atoms with Gasteiger partial charge in [0.1, 0.15) is 13.2 Å². The third-order valence-corrected chi connectivity index (χ3v) is 3.47. The molecular formula is C14H17NO4. The third kappa shape index (κ3) is 2.20. The average Bonchev–Trinajstić information content (AvgIpc) is 2.99. The fraction of sp³-hybridized carbons (Fsp3) is 0.500. The zero-order chi connectivity index (χ0) is 13.2. The Labute approximate surface area is 112 Å². The number of hydrogen-bond acceptors (Lipinski definition) is 4. The number of carbonyl (C=O) groups is 1. The average molecular weight is 263 g/mol. The highest BCUT2D eigenvalue weighted by Crippen LogP contribution is 2.40. The largest absolute Gasteiger partial charge is 0.493 e. The van der Waals surface area contributed by atoms with E-state index in [1.165, 1.54) is 0 Å². The van der Waals surface area contributed by atoms with Gasteiger partial charge in [-0.3, -0.25) is 4.79 Å². The van der Waals surface area contributed by atoms with Crippen LogP contribution < -0.4 is 14.2 Å². The molecule has 1 saturated heterocycles. The van der Waals surface area contributed by atoms with Gasteiger partial charge in [-0.05, 0) is 25.0 Å². The number of methoxy groups -OCH3 is 1. The van der Waals surface area contributed by atoms with Gasteiger partial charge < -0.3 is 19.1 Å². The Morgan fingerprint density at radius 1 is 1.21 bits per heavy atom. The first-order chi connectivity index (χ1) is 9.29. The minimum absolute atomic E-state index is 0.0350. The van der Waals surface area contributed by atoms with Crippen molar-refractivity contribution >= 4 is 5.91 Å². The van der Waals surface area contributed by atoms with Crippen molar-refractivity contribution in [2.45, 2.75) is 12.8 Å². The molecule has 1 aromatic rings. The number of nitrogens with zero attached hydrogens (tertiary/aromatic N) is 1. The fourth-order valence-electron chi connectivity index (χ4n) is 2.50. The van der Waals surface area contributed by atoms with Crippen molar-refractivity contribution in [2.24, 2.45) is 0 Å². The van der Waals surface area contributed by atoms with Crippen LogP contribution in [0.3, 0.4) is 0 Å². The highest BCUT2D eigenvalue weighted by atomic mass is 16.6. The maximum Gasteiger partial charge on any atom is 0.254 e. The van der Waals surface area contributed by atoms with Crippen LogP contribution >= 0.6 is 0 Å².